The molecule has 0 radical (unpaired) electrons. The average Bonchev–Trinajstić information content (AvgIpc) is 2.62. The second kappa shape index (κ2) is 7.73. The third-order valence-electron chi connectivity index (χ3n) is 4.17. The number of benzene rings is 3. The number of hydrogen-bond acceptors (Lipinski definition) is 2. The Morgan fingerprint density at radius 3 is 2.19 bits per heavy atom. The molecule has 0 spiro atoms. The molecule has 0 aliphatic carbocycles. The number of aryl methyl sites for hydroxylation is 3. The summed E-state index contributed by atoms with van der Waals surface area (Å²) in [6, 6.07) is 21.0. The van der Waals surface area contributed by atoms with Gasteiger partial charge in [0.1, 0.15) is 0 Å². The predicted octanol–water partition coefficient (Wildman–Crippen LogP) is 6.24. The molecule has 1 N–H and O–H groups in total. The first-order valence-corrected chi connectivity index (χ1v) is 8.80. The van der Waals surface area contributed by atoms with Crippen molar-refractivity contribution >= 4 is 28.8 Å². The van der Waals surface area contributed by atoms with E-state index in [1.165, 1.54) is 5.56 Å². The molecule has 0 heterocycles. The molecule has 0 unspecified atom stereocenters. The topological polar surface area (TPSA) is 35.8 Å². The van der Waals surface area contributed by atoms with Crippen LogP contribution in [0.2, 0.25) is 5.02 Å². The Hall–Kier alpha value is -2.62. The maximum Gasteiger partial charge on any atom is 0.167 e. The molecule has 3 rings (SSSR count). The molecule has 0 aliphatic heterocycles. The van der Waals surface area contributed by atoms with Crippen LogP contribution in [0.1, 0.15) is 22.3 Å². The summed E-state index contributed by atoms with van der Waals surface area (Å²) in [5.41, 5.74) is 5.40. The first kappa shape index (κ1) is 18.2. The van der Waals surface area contributed by atoms with Crippen LogP contribution in [-0.2, 0) is 0 Å². The highest BCUT2D eigenvalue weighted by atomic mass is 35.5. The molecule has 0 saturated heterocycles. The quantitative estimate of drug-likeness (QED) is 0.339. The number of aliphatic imine (C=N–C) groups is 1. The van der Waals surface area contributed by atoms with E-state index in [9.17, 15) is 5.21 Å². The number of rotatable bonds is 3. The van der Waals surface area contributed by atoms with Crippen molar-refractivity contribution in [3.63, 3.8) is 0 Å². The predicted molar refractivity (Wildman–Crippen MR) is 109 cm³/mol. The van der Waals surface area contributed by atoms with Crippen LogP contribution in [-0.4, -0.2) is 11.0 Å². The van der Waals surface area contributed by atoms with E-state index in [1.807, 2.05) is 75.4 Å². The van der Waals surface area contributed by atoms with E-state index in [2.05, 4.69) is 6.07 Å². The SMILES string of the molecule is Cc1ccc(N(O)C(=Nc2ccc(C)cc2C)c2ccccc2Cl)cc1. The van der Waals surface area contributed by atoms with E-state index in [-0.39, 0.29) is 0 Å². The zero-order chi connectivity index (χ0) is 18.7. The third kappa shape index (κ3) is 3.96. The van der Waals surface area contributed by atoms with Crippen molar-refractivity contribution < 1.29 is 5.21 Å². The largest absolute Gasteiger partial charge is 0.282 e. The highest BCUT2D eigenvalue weighted by Crippen LogP contribution is 2.26. The van der Waals surface area contributed by atoms with E-state index >= 15 is 0 Å². The van der Waals surface area contributed by atoms with Crippen molar-refractivity contribution in [1.82, 2.24) is 0 Å². The fourth-order valence-electron chi connectivity index (χ4n) is 2.72. The molecule has 0 aliphatic rings. The van der Waals surface area contributed by atoms with Gasteiger partial charge >= 0.3 is 0 Å². The summed E-state index contributed by atoms with van der Waals surface area (Å²) in [4.78, 5) is 4.74. The molecule has 132 valence electrons. The Bertz CT molecular complexity index is 949. The van der Waals surface area contributed by atoms with Gasteiger partial charge in [0, 0.05) is 5.56 Å². The molecule has 0 bridgehead atoms. The van der Waals surface area contributed by atoms with Crippen LogP contribution in [0.5, 0.6) is 0 Å². The van der Waals surface area contributed by atoms with Gasteiger partial charge in [0.25, 0.3) is 0 Å². The zero-order valence-electron chi connectivity index (χ0n) is 15.1. The van der Waals surface area contributed by atoms with Crippen molar-refractivity contribution in [3.8, 4) is 0 Å². The Morgan fingerprint density at radius 2 is 1.54 bits per heavy atom. The van der Waals surface area contributed by atoms with Crippen LogP contribution in [0, 0.1) is 20.8 Å². The smallest absolute Gasteiger partial charge is 0.167 e. The van der Waals surface area contributed by atoms with Gasteiger partial charge in [-0.25, -0.2) is 10.1 Å². The minimum atomic E-state index is 0.381. The highest BCUT2D eigenvalue weighted by molar-refractivity contribution is 6.35. The zero-order valence-corrected chi connectivity index (χ0v) is 15.8. The minimum Gasteiger partial charge on any atom is -0.282 e. The van der Waals surface area contributed by atoms with Crippen molar-refractivity contribution in [2.45, 2.75) is 20.8 Å². The van der Waals surface area contributed by atoms with Gasteiger partial charge in [0.2, 0.25) is 0 Å². The number of amidine groups is 1. The third-order valence-corrected chi connectivity index (χ3v) is 4.50. The molecular formula is C22H21ClN2O. The van der Waals surface area contributed by atoms with Crippen LogP contribution in [0.4, 0.5) is 11.4 Å². The lowest BCUT2D eigenvalue weighted by Crippen LogP contribution is -2.28. The van der Waals surface area contributed by atoms with Gasteiger partial charge in [-0.1, -0.05) is 59.1 Å². The Balaban J connectivity index is 2.14. The molecule has 4 heteroatoms. The van der Waals surface area contributed by atoms with Gasteiger partial charge in [0.05, 0.1) is 16.4 Å². The number of nitrogens with zero attached hydrogens (tertiary/aromatic N) is 2. The lowest BCUT2D eigenvalue weighted by Gasteiger charge is -2.21. The molecule has 3 aromatic carbocycles. The Morgan fingerprint density at radius 1 is 0.885 bits per heavy atom. The number of hydrogen-bond donors (Lipinski definition) is 1. The number of anilines is 1. The normalized spacial score (nSPS) is 11.5. The van der Waals surface area contributed by atoms with Gasteiger partial charge in [0.15, 0.2) is 5.84 Å². The summed E-state index contributed by atoms with van der Waals surface area (Å²) in [5.74, 6) is 0.381. The molecule has 0 aromatic heterocycles. The first-order chi connectivity index (χ1) is 12.5. The fraction of sp³-hybridized carbons (Fsp3) is 0.136. The van der Waals surface area contributed by atoms with E-state index in [1.54, 1.807) is 6.07 Å². The number of hydroxylamine groups is 1. The van der Waals surface area contributed by atoms with E-state index in [0.717, 1.165) is 21.9 Å². The van der Waals surface area contributed by atoms with Crippen molar-refractivity contribution in [1.29, 1.82) is 0 Å². The molecule has 3 aromatic rings. The summed E-state index contributed by atoms with van der Waals surface area (Å²) >= 11 is 6.39. The van der Waals surface area contributed by atoms with Crippen LogP contribution in [0.3, 0.4) is 0 Å². The minimum absolute atomic E-state index is 0.381. The van der Waals surface area contributed by atoms with Crippen LogP contribution < -0.4 is 5.06 Å². The Kier molecular flexibility index (Phi) is 5.40. The van der Waals surface area contributed by atoms with Crippen LogP contribution in [0.15, 0.2) is 71.7 Å². The molecular weight excluding hydrogens is 344 g/mol. The summed E-state index contributed by atoms with van der Waals surface area (Å²) in [6.45, 7) is 6.05. The summed E-state index contributed by atoms with van der Waals surface area (Å²) in [6.07, 6.45) is 0. The average molecular weight is 365 g/mol. The standard InChI is InChI=1S/C22H21ClN2O/c1-15-8-11-18(12-9-15)25(26)22(19-6-4-5-7-20(19)23)24-21-13-10-16(2)14-17(21)3/h4-14,26H,1-3H3. The first-order valence-electron chi connectivity index (χ1n) is 8.42. The molecule has 3 nitrogen and oxygen atoms in total. The van der Waals surface area contributed by atoms with Crippen LogP contribution in [0.25, 0.3) is 0 Å². The molecule has 0 atom stereocenters. The molecule has 0 saturated carbocycles. The van der Waals surface area contributed by atoms with Gasteiger partial charge in [-0.3, -0.25) is 5.21 Å². The van der Waals surface area contributed by atoms with Crippen molar-refractivity contribution in [2.24, 2.45) is 4.99 Å². The van der Waals surface area contributed by atoms with Gasteiger partial charge < -0.3 is 0 Å². The van der Waals surface area contributed by atoms with Gasteiger partial charge in [-0.05, 0) is 56.7 Å². The fourth-order valence-corrected chi connectivity index (χ4v) is 2.94. The highest BCUT2D eigenvalue weighted by Gasteiger charge is 2.17. The van der Waals surface area contributed by atoms with E-state index in [0.29, 0.717) is 22.1 Å². The van der Waals surface area contributed by atoms with Crippen LogP contribution >= 0.6 is 11.6 Å². The van der Waals surface area contributed by atoms with Crippen molar-refractivity contribution in [3.05, 3.63) is 94.0 Å². The molecule has 0 amide bonds. The molecule has 26 heavy (non-hydrogen) atoms. The van der Waals surface area contributed by atoms with Crippen molar-refractivity contribution in [2.75, 3.05) is 5.06 Å². The summed E-state index contributed by atoms with van der Waals surface area (Å²) in [5, 5.41) is 12.5. The summed E-state index contributed by atoms with van der Waals surface area (Å²) < 4.78 is 0. The Labute approximate surface area is 159 Å². The maximum absolute atomic E-state index is 10.9. The second-order valence-electron chi connectivity index (χ2n) is 6.35. The second-order valence-corrected chi connectivity index (χ2v) is 6.76. The van der Waals surface area contributed by atoms with E-state index in [4.69, 9.17) is 16.6 Å². The lowest BCUT2D eigenvalue weighted by molar-refractivity contribution is 0.313. The number of halogens is 1. The molecule has 0 fully saturated rings. The van der Waals surface area contributed by atoms with Gasteiger partial charge in [-0.15, -0.1) is 0 Å². The lowest BCUT2D eigenvalue weighted by atomic mass is 10.1. The maximum atomic E-state index is 10.9. The monoisotopic (exact) mass is 364 g/mol. The summed E-state index contributed by atoms with van der Waals surface area (Å²) in [7, 11) is 0. The van der Waals surface area contributed by atoms with E-state index < -0.39 is 0 Å². The van der Waals surface area contributed by atoms with Gasteiger partial charge in [-0.2, -0.15) is 0 Å².